The number of fused-ring (bicyclic) bond motifs is 1. The highest BCUT2D eigenvalue weighted by Gasteiger charge is 2.15. The first-order valence-electron chi connectivity index (χ1n) is 10.3. The Balaban J connectivity index is 1.70. The summed E-state index contributed by atoms with van der Waals surface area (Å²) in [4.78, 5) is 17.9. The average Bonchev–Trinajstić information content (AvgIpc) is 2.87. The minimum Gasteiger partial charge on any atom is -0.496 e. The highest BCUT2D eigenvalue weighted by molar-refractivity contribution is 9.10. The Labute approximate surface area is 205 Å². The van der Waals surface area contributed by atoms with E-state index in [1.165, 1.54) is 0 Å². The summed E-state index contributed by atoms with van der Waals surface area (Å²) in [6, 6.07) is 20.3. The molecule has 0 atom stereocenters. The van der Waals surface area contributed by atoms with E-state index in [1.54, 1.807) is 39.7 Å². The Morgan fingerprint density at radius 2 is 1.65 bits per heavy atom. The zero-order valence-electron chi connectivity index (χ0n) is 18.8. The maximum atomic E-state index is 13.1. The molecule has 0 bridgehead atoms. The van der Waals surface area contributed by atoms with Crippen LogP contribution >= 0.6 is 15.9 Å². The number of benzene rings is 3. The molecule has 1 N–H and O–H groups in total. The number of nitrogens with one attached hydrogen (secondary N) is 1. The van der Waals surface area contributed by atoms with Crippen LogP contribution in [0.4, 0.5) is 0 Å². The van der Waals surface area contributed by atoms with E-state index < -0.39 is 0 Å². The molecule has 0 aliphatic rings. The van der Waals surface area contributed by atoms with Crippen molar-refractivity contribution in [2.45, 2.75) is 0 Å². The molecule has 1 aromatic heterocycles. The van der Waals surface area contributed by atoms with Crippen molar-refractivity contribution in [3.63, 3.8) is 0 Å². The van der Waals surface area contributed by atoms with E-state index in [9.17, 15) is 4.79 Å². The van der Waals surface area contributed by atoms with E-state index in [-0.39, 0.29) is 5.91 Å². The molecule has 172 valence electrons. The molecule has 7 nitrogen and oxygen atoms in total. The standard InChI is InChI=1S/C26H22BrN3O4/c1-32-23-11-9-18(27)12-17(23)15-28-30-26(31)20-14-22(29-21-7-5-4-6-19(20)21)16-8-10-24(33-2)25(13-16)34-3/h4-15H,1-3H3,(H,30,31)/b28-15-. The van der Waals surface area contributed by atoms with Crippen molar-refractivity contribution >= 4 is 39.0 Å². The number of aromatic nitrogens is 1. The molecule has 0 aliphatic heterocycles. The maximum Gasteiger partial charge on any atom is 0.272 e. The fourth-order valence-corrected chi connectivity index (χ4v) is 3.91. The third-order valence-corrected chi connectivity index (χ3v) is 5.69. The van der Waals surface area contributed by atoms with Crippen LogP contribution in [0.25, 0.3) is 22.2 Å². The molecule has 0 fully saturated rings. The number of pyridine rings is 1. The van der Waals surface area contributed by atoms with E-state index in [0.29, 0.717) is 34.0 Å². The van der Waals surface area contributed by atoms with Gasteiger partial charge in [-0.05, 0) is 48.5 Å². The lowest BCUT2D eigenvalue weighted by atomic mass is 10.0. The zero-order chi connectivity index (χ0) is 24.1. The molecule has 1 heterocycles. The molecule has 0 unspecified atom stereocenters. The van der Waals surface area contributed by atoms with Gasteiger partial charge in [-0.1, -0.05) is 34.1 Å². The number of amides is 1. The van der Waals surface area contributed by atoms with Crippen molar-refractivity contribution in [2.24, 2.45) is 5.10 Å². The molecule has 4 rings (SSSR count). The number of hydrogen-bond donors (Lipinski definition) is 1. The summed E-state index contributed by atoms with van der Waals surface area (Å²) >= 11 is 3.43. The second kappa shape index (κ2) is 10.4. The van der Waals surface area contributed by atoms with Gasteiger partial charge >= 0.3 is 0 Å². The van der Waals surface area contributed by atoms with Gasteiger partial charge in [0.05, 0.1) is 44.3 Å². The Bertz CT molecular complexity index is 1390. The lowest BCUT2D eigenvalue weighted by Crippen LogP contribution is -2.18. The van der Waals surface area contributed by atoms with Crippen molar-refractivity contribution in [3.8, 4) is 28.5 Å². The lowest BCUT2D eigenvalue weighted by molar-refractivity contribution is 0.0956. The predicted octanol–water partition coefficient (Wildman–Crippen LogP) is 5.45. The number of para-hydroxylation sites is 1. The van der Waals surface area contributed by atoms with Gasteiger partial charge in [-0.2, -0.15) is 5.10 Å². The second-order valence-electron chi connectivity index (χ2n) is 7.23. The van der Waals surface area contributed by atoms with Crippen molar-refractivity contribution in [2.75, 3.05) is 21.3 Å². The highest BCUT2D eigenvalue weighted by Crippen LogP contribution is 2.33. The van der Waals surface area contributed by atoms with Gasteiger partial charge in [0.15, 0.2) is 11.5 Å². The average molecular weight is 520 g/mol. The number of carbonyl (C=O) groups excluding carboxylic acids is 1. The van der Waals surface area contributed by atoms with Crippen molar-refractivity contribution in [1.29, 1.82) is 0 Å². The molecule has 4 aromatic rings. The van der Waals surface area contributed by atoms with E-state index in [4.69, 9.17) is 19.2 Å². The fraction of sp³-hybridized carbons (Fsp3) is 0.115. The summed E-state index contributed by atoms with van der Waals surface area (Å²) in [7, 11) is 4.74. The summed E-state index contributed by atoms with van der Waals surface area (Å²) in [5.74, 6) is 1.48. The molecule has 0 spiro atoms. The third-order valence-electron chi connectivity index (χ3n) is 5.20. The maximum absolute atomic E-state index is 13.1. The number of nitrogens with zero attached hydrogens (tertiary/aromatic N) is 2. The van der Waals surface area contributed by atoms with Crippen LogP contribution in [-0.2, 0) is 0 Å². The number of hydrazone groups is 1. The van der Waals surface area contributed by atoms with Gasteiger partial charge in [0.2, 0.25) is 0 Å². The summed E-state index contributed by atoms with van der Waals surface area (Å²) in [5.41, 5.74) is 5.91. The molecule has 0 saturated carbocycles. The van der Waals surface area contributed by atoms with Crippen LogP contribution in [0.3, 0.4) is 0 Å². The van der Waals surface area contributed by atoms with E-state index in [0.717, 1.165) is 21.0 Å². The van der Waals surface area contributed by atoms with Crippen molar-refractivity contribution in [3.05, 3.63) is 82.3 Å². The highest BCUT2D eigenvalue weighted by atomic mass is 79.9. The molecule has 0 radical (unpaired) electrons. The number of rotatable bonds is 7. The van der Waals surface area contributed by atoms with Crippen molar-refractivity contribution < 1.29 is 19.0 Å². The number of ether oxygens (including phenoxy) is 3. The first-order chi connectivity index (χ1) is 16.5. The predicted molar refractivity (Wildman–Crippen MR) is 136 cm³/mol. The Hall–Kier alpha value is -3.91. The quantitative estimate of drug-likeness (QED) is 0.259. The van der Waals surface area contributed by atoms with Crippen LogP contribution in [0.1, 0.15) is 15.9 Å². The molecule has 34 heavy (non-hydrogen) atoms. The third kappa shape index (κ3) is 4.87. The molecule has 0 saturated heterocycles. The van der Waals surface area contributed by atoms with Crippen molar-refractivity contribution in [1.82, 2.24) is 10.4 Å². The molecule has 0 aliphatic carbocycles. The second-order valence-corrected chi connectivity index (χ2v) is 8.14. The normalized spacial score (nSPS) is 10.9. The van der Waals surface area contributed by atoms with Gasteiger partial charge in [0.1, 0.15) is 5.75 Å². The van der Waals surface area contributed by atoms with E-state index in [2.05, 4.69) is 26.5 Å². The molecule has 3 aromatic carbocycles. The first kappa shape index (κ1) is 23.3. The number of halogens is 1. The molecule has 8 heteroatoms. The number of methoxy groups -OCH3 is 3. The van der Waals surface area contributed by atoms with Crippen LogP contribution in [0.2, 0.25) is 0 Å². The van der Waals surface area contributed by atoms with Gasteiger partial charge < -0.3 is 14.2 Å². The van der Waals surface area contributed by atoms with Crippen LogP contribution in [0.5, 0.6) is 17.2 Å². The van der Waals surface area contributed by atoms with Gasteiger partial charge in [0.25, 0.3) is 5.91 Å². The first-order valence-corrected chi connectivity index (χ1v) is 11.1. The van der Waals surface area contributed by atoms with Gasteiger partial charge in [0, 0.05) is 21.0 Å². The largest absolute Gasteiger partial charge is 0.496 e. The number of hydrogen-bond acceptors (Lipinski definition) is 6. The summed E-state index contributed by atoms with van der Waals surface area (Å²) in [6.45, 7) is 0. The van der Waals surface area contributed by atoms with E-state index in [1.807, 2.05) is 54.6 Å². The van der Waals surface area contributed by atoms with Crippen LogP contribution < -0.4 is 19.6 Å². The summed E-state index contributed by atoms with van der Waals surface area (Å²) in [6.07, 6.45) is 1.54. The molecular weight excluding hydrogens is 498 g/mol. The van der Waals surface area contributed by atoms with Crippen LogP contribution in [0, 0.1) is 0 Å². The zero-order valence-corrected chi connectivity index (χ0v) is 20.4. The van der Waals surface area contributed by atoms with Crippen LogP contribution in [0.15, 0.2) is 76.3 Å². The number of carbonyl (C=O) groups is 1. The van der Waals surface area contributed by atoms with Gasteiger partial charge in [-0.3, -0.25) is 4.79 Å². The van der Waals surface area contributed by atoms with Gasteiger partial charge in [-0.15, -0.1) is 0 Å². The van der Waals surface area contributed by atoms with E-state index >= 15 is 0 Å². The Kier molecular flexibility index (Phi) is 7.08. The minimum atomic E-state index is -0.356. The Morgan fingerprint density at radius 1 is 0.912 bits per heavy atom. The molecular formula is C26H22BrN3O4. The fourth-order valence-electron chi connectivity index (χ4n) is 3.53. The smallest absolute Gasteiger partial charge is 0.272 e. The Morgan fingerprint density at radius 3 is 2.41 bits per heavy atom. The molecule has 1 amide bonds. The topological polar surface area (TPSA) is 82.0 Å². The SMILES string of the molecule is COc1ccc(Br)cc1/C=N\NC(=O)c1cc(-c2ccc(OC)c(OC)c2)nc2ccccc12. The lowest BCUT2D eigenvalue weighted by Gasteiger charge is -2.12. The minimum absolute atomic E-state index is 0.356. The van der Waals surface area contributed by atoms with Crippen LogP contribution in [-0.4, -0.2) is 38.4 Å². The summed E-state index contributed by atoms with van der Waals surface area (Å²) < 4.78 is 17.0. The summed E-state index contributed by atoms with van der Waals surface area (Å²) in [5, 5.41) is 4.87. The van der Waals surface area contributed by atoms with Gasteiger partial charge in [-0.25, -0.2) is 10.4 Å². The monoisotopic (exact) mass is 519 g/mol.